The van der Waals surface area contributed by atoms with Crippen LogP contribution in [0.15, 0.2) is 18.2 Å². The van der Waals surface area contributed by atoms with Crippen molar-refractivity contribution < 1.29 is 64.8 Å². The Bertz CT molecular complexity index is 1590. The second kappa shape index (κ2) is 26.4. The highest BCUT2D eigenvalue weighted by Gasteiger charge is 2.55. The highest BCUT2D eigenvalue weighted by atomic mass is 33.1. The second-order valence-corrected chi connectivity index (χ2v) is 24.0. The summed E-state index contributed by atoms with van der Waals surface area (Å²) in [4.78, 5) is 29.8. The Balaban J connectivity index is 1.00. The molecule has 0 aliphatic heterocycles. The fourth-order valence-electron chi connectivity index (χ4n) is 9.63. The minimum atomic E-state index is -4.64. The van der Waals surface area contributed by atoms with Crippen LogP contribution < -0.4 is 4.74 Å². The predicted molar refractivity (Wildman–Crippen MR) is 245 cm³/mol. The number of ether oxygens (including phenoxy) is 3. The lowest BCUT2D eigenvalue weighted by molar-refractivity contribution is -0.264. The maximum atomic E-state index is 13.1. The van der Waals surface area contributed by atoms with Gasteiger partial charge in [-0.2, -0.15) is 13.2 Å². The molecule has 0 spiro atoms. The van der Waals surface area contributed by atoms with Crippen molar-refractivity contribution in [2.75, 3.05) is 71.8 Å². The van der Waals surface area contributed by atoms with Crippen molar-refractivity contribution in [1.82, 2.24) is 4.90 Å². The molecular formula is C44H76F3NO11P2S2. The molecule has 1 aromatic carbocycles. The number of rotatable bonds is 32. The summed E-state index contributed by atoms with van der Waals surface area (Å²) in [6.07, 6.45) is 12.1. The summed E-state index contributed by atoms with van der Waals surface area (Å²) in [5, 5.41) is 0. The van der Waals surface area contributed by atoms with E-state index in [0.29, 0.717) is 43.8 Å². The van der Waals surface area contributed by atoms with Gasteiger partial charge >= 0.3 is 21.8 Å². The van der Waals surface area contributed by atoms with Crippen molar-refractivity contribution in [3.8, 4) is 5.75 Å². The standard InChI is InChI=1S/C44H76F3NO11P2S2/c1-42(2,44(45,46)47)57-27-14-26-56-41-21-20-40-39-18-16-35-31-36(17-19-37(35)38(39)22-23-43(40,41)3)55-28-25-48(4)24-11-7-9-13-30-63-62-29-12-8-6-10-15-34(32-58-60(49,50)51)33-59-61(52,53)54-5/h17,19,31,34,38-41H,6-16,18,20-30,32-33H2,1-5H3,(H,52,53)(H2,49,50,51). The number of likely N-dealkylation sites (N-methyl/N-ethyl adjacent to an activating group) is 1. The Hall–Kier alpha value is -0.390. The van der Waals surface area contributed by atoms with E-state index in [4.69, 9.17) is 28.5 Å². The molecule has 3 aliphatic carbocycles. The molecule has 0 saturated heterocycles. The molecule has 1 aromatic rings. The number of hydrogen-bond donors (Lipinski definition) is 3. The molecule has 0 radical (unpaired) electrons. The van der Waals surface area contributed by atoms with Crippen LogP contribution in [0.5, 0.6) is 5.75 Å². The summed E-state index contributed by atoms with van der Waals surface area (Å²) in [5.74, 6) is 4.54. The van der Waals surface area contributed by atoms with Crippen molar-refractivity contribution in [2.24, 2.45) is 23.2 Å². The highest BCUT2D eigenvalue weighted by molar-refractivity contribution is 8.76. The zero-order valence-electron chi connectivity index (χ0n) is 38.2. The van der Waals surface area contributed by atoms with Crippen LogP contribution in [-0.4, -0.2) is 109 Å². The number of unbranched alkanes of at least 4 members (excludes halogenated alkanes) is 6. The molecule has 2 fully saturated rings. The largest absolute Gasteiger partial charge is 0.492 e. The van der Waals surface area contributed by atoms with Gasteiger partial charge in [-0.3, -0.25) is 13.6 Å². The smallest absolute Gasteiger partial charge is 0.471 e. The molecule has 4 rings (SSSR count). The number of phosphoric acid groups is 2. The van der Waals surface area contributed by atoms with Crippen molar-refractivity contribution in [3.05, 3.63) is 29.3 Å². The topological polar surface area (TPSA) is 153 Å². The Morgan fingerprint density at radius 3 is 2.22 bits per heavy atom. The molecule has 3 aliphatic rings. The van der Waals surface area contributed by atoms with Crippen LogP contribution in [0.4, 0.5) is 13.2 Å². The summed E-state index contributed by atoms with van der Waals surface area (Å²) in [5.41, 5.74) is 0.885. The van der Waals surface area contributed by atoms with Gasteiger partial charge < -0.3 is 33.8 Å². The fraction of sp³-hybridized carbons (Fsp3) is 0.864. The monoisotopic (exact) mass is 977 g/mol. The van der Waals surface area contributed by atoms with Gasteiger partial charge in [0, 0.05) is 44.3 Å². The van der Waals surface area contributed by atoms with Crippen molar-refractivity contribution >= 4 is 37.2 Å². The molecule has 0 amide bonds. The summed E-state index contributed by atoms with van der Waals surface area (Å²) in [6, 6.07) is 6.75. The van der Waals surface area contributed by atoms with E-state index in [1.807, 2.05) is 21.6 Å². The third kappa shape index (κ3) is 18.6. The minimum absolute atomic E-state index is 0.0347. The van der Waals surface area contributed by atoms with Gasteiger partial charge in [-0.05, 0) is 144 Å². The summed E-state index contributed by atoms with van der Waals surface area (Å²) in [6.45, 7) is 7.15. The van der Waals surface area contributed by atoms with Crippen LogP contribution in [0.3, 0.4) is 0 Å². The first-order chi connectivity index (χ1) is 29.7. The molecule has 0 bridgehead atoms. The number of halogens is 3. The molecule has 2 saturated carbocycles. The van der Waals surface area contributed by atoms with E-state index in [0.717, 1.165) is 109 Å². The number of hydrogen-bond acceptors (Lipinski definition) is 11. The SMILES string of the molecule is COP(=O)(O)OCC(CCCCCCSSCCCCCCN(C)CCOc1ccc2c(c1)CCC1C2CCC2(C)C(OCCCOC(C)(C)C(F)(F)F)CCC12)COP(=O)(O)O. The quantitative estimate of drug-likeness (QED) is 0.0356. The van der Waals surface area contributed by atoms with Gasteiger partial charge in [0.25, 0.3) is 0 Å². The molecule has 19 heteroatoms. The Labute approximate surface area is 382 Å². The van der Waals surface area contributed by atoms with Crippen molar-refractivity contribution in [2.45, 2.75) is 147 Å². The number of alkyl halides is 3. The van der Waals surface area contributed by atoms with Gasteiger partial charge in [-0.25, -0.2) is 9.13 Å². The molecule has 3 N–H and O–H groups in total. The van der Waals surface area contributed by atoms with Crippen LogP contribution in [0, 0.1) is 23.2 Å². The van der Waals surface area contributed by atoms with Crippen LogP contribution >= 0.6 is 37.2 Å². The van der Waals surface area contributed by atoms with E-state index >= 15 is 0 Å². The van der Waals surface area contributed by atoms with Gasteiger partial charge in [0.1, 0.15) is 12.4 Å². The molecule has 7 unspecified atom stereocenters. The second-order valence-electron chi connectivity index (χ2n) is 18.5. The summed E-state index contributed by atoms with van der Waals surface area (Å²) >= 11 is 0. The minimum Gasteiger partial charge on any atom is -0.492 e. The van der Waals surface area contributed by atoms with E-state index in [1.54, 1.807) is 0 Å². The van der Waals surface area contributed by atoms with Gasteiger partial charge in [-0.1, -0.05) is 66.7 Å². The van der Waals surface area contributed by atoms with Crippen molar-refractivity contribution in [1.29, 1.82) is 0 Å². The maximum Gasteiger partial charge on any atom is 0.471 e. The highest BCUT2D eigenvalue weighted by Crippen LogP contribution is 2.61. The van der Waals surface area contributed by atoms with E-state index in [2.05, 4.69) is 46.1 Å². The Morgan fingerprint density at radius 2 is 1.54 bits per heavy atom. The van der Waals surface area contributed by atoms with Crippen molar-refractivity contribution in [3.63, 3.8) is 0 Å². The number of nitrogens with zero attached hydrogens (tertiary/aromatic N) is 1. The predicted octanol–water partition coefficient (Wildman–Crippen LogP) is 11.4. The molecule has 12 nitrogen and oxygen atoms in total. The van der Waals surface area contributed by atoms with Crippen LogP contribution in [0.25, 0.3) is 0 Å². The first kappa shape index (κ1) is 55.2. The number of aryl methyl sites for hydroxylation is 1. The number of benzene rings is 1. The molecule has 0 aromatic heterocycles. The van der Waals surface area contributed by atoms with Gasteiger partial charge in [-0.15, -0.1) is 0 Å². The van der Waals surface area contributed by atoms with E-state index < -0.39 is 33.3 Å². The molecule has 63 heavy (non-hydrogen) atoms. The maximum absolute atomic E-state index is 13.1. The first-order valence-corrected chi connectivity index (χ1v) is 28.5. The lowest BCUT2D eigenvalue weighted by Gasteiger charge is -2.50. The van der Waals surface area contributed by atoms with Crippen LogP contribution in [0.2, 0.25) is 0 Å². The number of fused-ring (bicyclic) bond motifs is 5. The van der Waals surface area contributed by atoms with Gasteiger partial charge in [0.2, 0.25) is 0 Å². The third-order valence-corrected chi connectivity index (χ3v) is 17.5. The number of phosphoric ester groups is 2. The molecular weight excluding hydrogens is 902 g/mol. The van der Waals surface area contributed by atoms with Crippen LogP contribution in [0.1, 0.15) is 134 Å². The normalized spacial score (nSPS) is 24.2. The first-order valence-electron chi connectivity index (χ1n) is 23.0. The third-order valence-electron chi connectivity index (χ3n) is 13.5. The fourth-order valence-corrected chi connectivity index (χ4v) is 12.8. The zero-order valence-corrected chi connectivity index (χ0v) is 41.6. The molecule has 366 valence electrons. The summed E-state index contributed by atoms with van der Waals surface area (Å²) in [7, 11) is -1.76. The van der Waals surface area contributed by atoms with Gasteiger partial charge in [0.15, 0.2) is 5.60 Å². The lowest BCUT2D eigenvalue weighted by Crippen LogP contribution is -2.45. The zero-order chi connectivity index (χ0) is 46.2. The van der Waals surface area contributed by atoms with E-state index in [9.17, 15) is 27.2 Å². The average molecular weight is 978 g/mol. The Kier molecular flexibility index (Phi) is 23.1. The lowest BCUT2D eigenvalue weighted by atomic mass is 9.55. The van der Waals surface area contributed by atoms with E-state index in [-0.39, 0.29) is 31.3 Å². The summed E-state index contributed by atoms with van der Waals surface area (Å²) < 4.78 is 93.7. The molecule has 0 heterocycles. The van der Waals surface area contributed by atoms with Crippen LogP contribution in [-0.2, 0) is 38.6 Å². The average Bonchev–Trinajstić information content (AvgIpc) is 3.56. The van der Waals surface area contributed by atoms with Gasteiger partial charge in [0.05, 0.1) is 19.3 Å². The van der Waals surface area contributed by atoms with E-state index in [1.165, 1.54) is 43.2 Å². The Morgan fingerprint density at radius 1 is 0.857 bits per heavy atom. The molecule has 7 atom stereocenters.